The Balaban J connectivity index is 1.57. The molecule has 1 aliphatic rings. The van der Waals surface area contributed by atoms with E-state index >= 15 is 0 Å². The number of amides is 1. The molecule has 0 aliphatic carbocycles. The molecule has 0 saturated heterocycles. The molecule has 4 heteroatoms. The van der Waals surface area contributed by atoms with Gasteiger partial charge in [0, 0.05) is 20.0 Å². The van der Waals surface area contributed by atoms with Gasteiger partial charge in [0.1, 0.15) is 18.5 Å². The first-order chi connectivity index (χ1) is 12.1. The number of carbonyl (C=O) groups is 1. The van der Waals surface area contributed by atoms with Gasteiger partial charge in [-0.2, -0.15) is 0 Å². The molecular formula is C21H23NO3. The Bertz CT molecular complexity index is 737. The van der Waals surface area contributed by atoms with Gasteiger partial charge < -0.3 is 14.7 Å². The largest absolute Gasteiger partial charge is 0.491 e. The second-order valence-corrected chi connectivity index (χ2v) is 6.21. The standard InChI is InChI=1S/C21H23NO3/c1-16(23)22-13-11-18(12-14-22)17-7-9-20(10-8-17)25-15-21(24)19-5-3-2-4-6-19/h2-11,21,24H,12-15H2,1H3. The maximum absolute atomic E-state index is 11.4. The van der Waals surface area contributed by atoms with E-state index in [2.05, 4.69) is 6.08 Å². The molecule has 2 aromatic rings. The Hall–Kier alpha value is -2.59. The summed E-state index contributed by atoms with van der Waals surface area (Å²) >= 11 is 0. The maximum atomic E-state index is 11.4. The van der Waals surface area contributed by atoms with Crippen LogP contribution in [0.3, 0.4) is 0 Å². The first-order valence-corrected chi connectivity index (χ1v) is 8.54. The third-order valence-electron chi connectivity index (χ3n) is 4.47. The third-order valence-corrected chi connectivity index (χ3v) is 4.47. The van der Waals surface area contributed by atoms with Gasteiger partial charge in [0.05, 0.1) is 0 Å². The second-order valence-electron chi connectivity index (χ2n) is 6.21. The zero-order valence-electron chi connectivity index (χ0n) is 14.4. The molecule has 1 unspecified atom stereocenters. The molecular weight excluding hydrogens is 314 g/mol. The molecule has 0 spiro atoms. The Morgan fingerprint density at radius 2 is 1.88 bits per heavy atom. The van der Waals surface area contributed by atoms with Crippen LogP contribution in [0.4, 0.5) is 0 Å². The average molecular weight is 337 g/mol. The van der Waals surface area contributed by atoms with Crippen LogP contribution in [-0.4, -0.2) is 35.6 Å². The minimum Gasteiger partial charge on any atom is -0.491 e. The molecule has 1 amide bonds. The molecule has 2 aromatic carbocycles. The van der Waals surface area contributed by atoms with Crippen LogP contribution in [0.15, 0.2) is 60.7 Å². The second kappa shape index (κ2) is 7.99. The van der Waals surface area contributed by atoms with Crippen LogP contribution >= 0.6 is 0 Å². The van der Waals surface area contributed by atoms with Crippen molar-refractivity contribution in [3.8, 4) is 5.75 Å². The van der Waals surface area contributed by atoms with E-state index in [1.807, 2.05) is 59.5 Å². The predicted octanol–water partition coefficient (Wildman–Crippen LogP) is 3.43. The fraction of sp³-hybridized carbons (Fsp3) is 0.286. The lowest BCUT2D eigenvalue weighted by atomic mass is 9.99. The average Bonchev–Trinajstić information content (AvgIpc) is 2.67. The monoisotopic (exact) mass is 337 g/mol. The SMILES string of the molecule is CC(=O)N1CC=C(c2ccc(OCC(O)c3ccccc3)cc2)CC1. The van der Waals surface area contributed by atoms with Crippen LogP contribution < -0.4 is 4.74 Å². The smallest absolute Gasteiger partial charge is 0.219 e. The van der Waals surface area contributed by atoms with Gasteiger partial charge in [-0.05, 0) is 35.3 Å². The lowest BCUT2D eigenvalue weighted by molar-refractivity contribution is -0.128. The van der Waals surface area contributed by atoms with Crippen molar-refractivity contribution in [2.45, 2.75) is 19.4 Å². The molecule has 130 valence electrons. The summed E-state index contributed by atoms with van der Waals surface area (Å²) in [6.07, 6.45) is 2.34. The van der Waals surface area contributed by atoms with Gasteiger partial charge in [-0.25, -0.2) is 0 Å². The molecule has 3 rings (SSSR count). The normalized spacial score (nSPS) is 15.4. The van der Waals surface area contributed by atoms with E-state index in [1.165, 1.54) is 5.57 Å². The number of ether oxygens (including phenoxy) is 1. The molecule has 4 nitrogen and oxygen atoms in total. The highest BCUT2D eigenvalue weighted by Crippen LogP contribution is 2.25. The van der Waals surface area contributed by atoms with E-state index in [9.17, 15) is 9.90 Å². The number of aliphatic hydroxyl groups excluding tert-OH is 1. The first-order valence-electron chi connectivity index (χ1n) is 8.54. The minimum absolute atomic E-state index is 0.121. The van der Waals surface area contributed by atoms with Gasteiger partial charge in [0.25, 0.3) is 0 Å². The van der Waals surface area contributed by atoms with Crippen molar-refractivity contribution in [1.82, 2.24) is 4.90 Å². The van der Waals surface area contributed by atoms with Gasteiger partial charge in [-0.3, -0.25) is 4.79 Å². The van der Waals surface area contributed by atoms with Crippen molar-refractivity contribution in [2.24, 2.45) is 0 Å². The summed E-state index contributed by atoms with van der Waals surface area (Å²) in [5.74, 6) is 0.858. The zero-order valence-corrected chi connectivity index (χ0v) is 14.4. The van der Waals surface area contributed by atoms with E-state index in [0.29, 0.717) is 6.54 Å². The number of aliphatic hydroxyl groups is 1. The number of hydrogen-bond donors (Lipinski definition) is 1. The van der Waals surface area contributed by atoms with E-state index in [0.717, 1.165) is 29.8 Å². The molecule has 1 aliphatic heterocycles. The van der Waals surface area contributed by atoms with Crippen LogP contribution in [0.1, 0.15) is 30.6 Å². The number of carbonyl (C=O) groups excluding carboxylic acids is 1. The molecule has 0 aromatic heterocycles. The topological polar surface area (TPSA) is 49.8 Å². The maximum Gasteiger partial charge on any atom is 0.219 e. The molecule has 0 bridgehead atoms. The lowest BCUT2D eigenvalue weighted by Gasteiger charge is -2.25. The fourth-order valence-corrected chi connectivity index (χ4v) is 2.93. The summed E-state index contributed by atoms with van der Waals surface area (Å²) in [7, 11) is 0. The van der Waals surface area contributed by atoms with Gasteiger partial charge in [-0.1, -0.05) is 48.5 Å². The molecule has 1 N–H and O–H groups in total. The highest BCUT2D eigenvalue weighted by atomic mass is 16.5. The van der Waals surface area contributed by atoms with Crippen molar-refractivity contribution < 1.29 is 14.6 Å². The van der Waals surface area contributed by atoms with Crippen molar-refractivity contribution in [2.75, 3.05) is 19.7 Å². The van der Waals surface area contributed by atoms with E-state index in [1.54, 1.807) is 6.92 Å². The minimum atomic E-state index is -0.639. The van der Waals surface area contributed by atoms with Crippen LogP contribution in [0, 0.1) is 0 Å². The van der Waals surface area contributed by atoms with E-state index in [-0.39, 0.29) is 12.5 Å². The Morgan fingerprint density at radius 1 is 1.16 bits per heavy atom. The summed E-state index contributed by atoms with van der Waals surface area (Å²) in [5.41, 5.74) is 3.26. The number of hydrogen-bond acceptors (Lipinski definition) is 3. The summed E-state index contributed by atoms with van der Waals surface area (Å²) in [6, 6.07) is 17.4. The van der Waals surface area contributed by atoms with E-state index in [4.69, 9.17) is 4.74 Å². The lowest BCUT2D eigenvalue weighted by Crippen LogP contribution is -2.32. The first kappa shape index (κ1) is 17.2. The van der Waals surface area contributed by atoms with Gasteiger partial charge in [0.2, 0.25) is 5.91 Å². The molecule has 0 fully saturated rings. The summed E-state index contributed by atoms with van der Waals surface area (Å²) in [4.78, 5) is 13.2. The highest BCUT2D eigenvalue weighted by Gasteiger charge is 2.15. The number of benzene rings is 2. The molecule has 1 heterocycles. The third kappa shape index (κ3) is 4.48. The Labute approximate surface area is 148 Å². The van der Waals surface area contributed by atoms with Gasteiger partial charge in [-0.15, -0.1) is 0 Å². The highest BCUT2D eigenvalue weighted by molar-refractivity contribution is 5.76. The summed E-state index contributed by atoms with van der Waals surface area (Å²) < 4.78 is 5.69. The zero-order chi connectivity index (χ0) is 17.6. The predicted molar refractivity (Wildman–Crippen MR) is 98.2 cm³/mol. The van der Waals surface area contributed by atoms with Crippen LogP contribution in [-0.2, 0) is 4.79 Å². The molecule has 0 saturated carbocycles. The summed E-state index contributed by atoms with van der Waals surface area (Å²) in [6.45, 7) is 3.27. The number of rotatable bonds is 5. The molecule has 1 atom stereocenters. The van der Waals surface area contributed by atoms with Crippen LogP contribution in [0.5, 0.6) is 5.75 Å². The Kier molecular flexibility index (Phi) is 5.51. The molecule has 0 radical (unpaired) electrons. The van der Waals surface area contributed by atoms with Gasteiger partial charge in [0.15, 0.2) is 0 Å². The fourth-order valence-electron chi connectivity index (χ4n) is 2.93. The quantitative estimate of drug-likeness (QED) is 0.909. The van der Waals surface area contributed by atoms with Crippen molar-refractivity contribution >= 4 is 11.5 Å². The van der Waals surface area contributed by atoms with Crippen molar-refractivity contribution in [1.29, 1.82) is 0 Å². The van der Waals surface area contributed by atoms with Crippen LogP contribution in [0.2, 0.25) is 0 Å². The van der Waals surface area contributed by atoms with E-state index < -0.39 is 6.10 Å². The van der Waals surface area contributed by atoms with Crippen molar-refractivity contribution in [3.63, 3.8) is 0 Å². The summed E-state index contributed by atoms with van der Waals surface area (Å²) in [5, 5.41) is 10.1. The molecule has 25 heavy (non-hydrogen) atoms. The van der Waals surface area contributed by atoms with Gasteiger partial charge >= 0.3 is 0 Å². The number of nitrogens with zero attached hydrogens (tertiary/aromatic N) is 1. The van der Waals surface area contributed by atoms with Crippen molar-refractivity contribution in [3.05, 3.63) is 71.8 Å². The van der Waals surface area contributed by atoms with Crippen LogP contribution in [0.25, 0.3) is 5.57 Å². The Morgan fingerprint density at radius 3 is 2.48 bits per heavy atom.